The standard InChI is InChI=1S/C26H32ClIN2O7/c1-13-6-5-7-20(31)26(34)12-19(36-25(33)29-26)14(2)23-24(37-23)16(28)11-21(32)30(3)17-9-15(8-13)10-18(35-4)22(17)27/h5-7,9-10,14,16,19-20,23-24,31,34H,8,11-12H2,1-4H3,(H,29,33)/b7-5+,13-6+/t14-,16?,19+,20-,23+,24+,26+/m1/s1. The van der Waals surface area contributed by atoms with Gasteiger partial charge < -0.3 is 29.3 Å². The number of carbonyl (C=O) groups excluding carboxylic acids is 2. The van der Waals surface area contributed by atoms with Gasteiger partial charge in [-0.25, -0.2) is 4.79 Å². The molecule has 2 amide bonds. The highest BCUT2D eigenvalue weighted by molar-refractivity contribution is 14.1. The summed E-state index contributed by atoms with van der Waals surface area (Å²) in [5.41, 5.74) is 0.502. The molecular weight excluding hydrogens is 615 g/mol. The van der Waals surface area contributed by atoms with E-state index in [0.29, 0.717) is 22.9 Å². The average Bonchev–Trinajstić information content (AvgIpc) is 3.64. The smallest absolute Gasteiger partial charge is 0.409 e. The summed E-state index contributed by atoms with van der Waals surface area (Å²) in [4.78, 5) is 27.0. The number of methoxy groups -OCH3 is 1. The molecule has 2 saturated heterocycles. The Bertz CT molecular complexity index is 1130. The number of rotatable bonds is 1. The molecule has 1 aromatic carbocycles. The van der Waals surface area contributed by atoms with Crippen molar-refractivity contribution in [3.05, 3.63) is 46.5 Å². The number of anilines is 1. The van der Waals surface area contributed by atoms with Gasteiger partial charge in [0.2, 0.25) is 5.91 Å². The number of alkyl carbamates (subject to hydrolysis) is 1. The number of allylic oxidation sites excluding steroid dienone is 3. The van der Waals surface area contributed by atoms with Crippen LogP contribution in [0, 0.1) is 5.92 Å². The first-order valence-corrected chi connectivity index (χ1v) is 13.7. The Morgan fingerprint density at radius 2 is 2.03 bits per heavy atom. The van der Waals surface area contributed by atoms with Gasteiger partial charge in [-0.15, -0.1) is 0 Å². The van der Waals surface area contributed by atoms with Gasteiger partial charge in [0, 0.05) is 29.7 Å². The maximum absolute atomic E-state index is 13.2. The number of nitrogens with zero attached hydrogens (tertiary/aromatic N) is 1. The van der Waals surface area contributed by atoms with Crippen LogP contribution in [0.2, 0.25) is 5.02 Å². The molecule has 3 N–H and O–H groups in total. The topological polar surface area (TPSA) is 121 Å². The fourth-order valence-electron chi connectivity index (χ4n) is 4.85. The molecule has 1 aromatic rings. The van der Waals surface area contributed by atoms with Gasteiger partial charge in [0.05, 0.1) is 25.0 Å². The van der Waals surface area contributed by atoms with E-state index < -0.39 is 24.0 Å². The lowest BCUT2D eigenvalue weighted by atomic mass is 9.88. The minimum atomic E-state index is -1.89. The number of hydrogen-bond donors (Lipinski definition) is 3. The number of alkyl halides is 1. The zero-order valence-corrected chi connectivity index (χ0v) is 24.0. The lowest BCUT2D eigenvalue weighted by Gasteiger charge is -2.40. The van der Waals surface area contributed by atoms with Crippen molar-refractivity contribution in [2.75, 3.05) is 19.1 Å². The molecule has 7 atom stereocenters. The highest BCUT2D eigenvalue weighted by Gasteiger charge is 2.54. The summed E-state index contributed by atoms with van der Waals surface area (Å²) in [6.07, 6.45) is 2.29. The number of fused-ring (bicyclic) bond motifs is 5. The Kier molecular flexibility index (Phi) is 8.44. The van der Waals surface area contributed by atoms with Crippen LogP contribution in [0.15, 0.2) is 35.9 Å². The van der Waals surface area contributed by atoms with E-state index in [2.05, 4.69) is 27.9 Å². The Morgan fingerprint density at radius 1 is 1.30 bits per heavy atom. The fraction of sp³-hybridized carbons (Fsp3) is 0.538. The molecule has 9 nitrogen and oxygen atoms in total. The Labute approximate surface area is 234 Å². The number of aliphatic hydroxyl groups is 2. The predicted molar refractivity (Wildman–Crippen MR) is 147 cm³/mol. The van der Waals surface area contributed by atoms with Crippen molar-refractivity contribution >= 4 is 51.9 Å². The summed E-state index contributed by atoms with van der Waals surface area (Å²) in [5, 5.41) is 24.5. The normalized spacial score (nSPS) is 37.0. The van der Waals surface area contributed by atoms with Gasteiger partial charge in [-0.2, -0.15) is 0 Å². The van der Waals surface area contributed by atoms with E-state index >= 15 is 0 Å². The second kappa shape index (κ2) is 11.1. The van der Waals surface area contributed by atoms with E-state index in [1.165, 1.54) is 13.2 Å². The molecule has 0 spiro atoms. The molecule has 3 aliphatic rings. The van der Waals surface area contributed by atoms with Gasteiger partial charge >= 0.3 is 6.09 Å². The molecular formula is C26H32ClIN2O7. The number of benzene rings is 1. The van der Waals surface area contributed by atoms with E-state index in [1.54, 1.807) is 24.1 Å². The van der Waals surface area contributed by atoms with Crippen LogP contribution < -0.4 is 15.0 Å². The summed E-state index contributed by atoms with van der Waals surface area (Å²) in [7, 11) is 3.22. The number of hydrogen-bond acceptors (Lipinski definition) is 7. The minimum Gasteiger partial charge on any atom is -0.495 e. The summed E-state index contributed by atoms with van der Waals surface area (Å²) in [6.45, 7) is 3.80. The average molecular weight is 647 g/mol. The number of amides is 2. The third-order valence-electron chi connectivity index (χ3n) is 7.16. The lowest BCUT2D eigenvalue weighted by molar-refractivity contribution is -0.133. The summed E-state index contributed by atoms with van der Waals surface area (Å²) in [6, 6.07) is 3.69. The number of halogens is 2. The fourth-order valence-corrected chi connectivity index (χ4v) is 6.11. The van der Waals surface area contributed by atoms with Crippen LogP contribution in [0.5, 0.6) is 5.75 Å². The van der Waals surface area contributed by atoms with E-state index in [-0.39, 0.29) is 40.8 Å². The Morgan fingerprint density at radius 3 is 2.73 bits per heavy atom. The van der Waals surface area contributed by atoms with Crippen molar-refractivity contribution in [2.24, 2.45) is 5.92 Å². The molecule has 0 saturated carbocycles. The first-order valence-electron chi connectivity index (χ1n) is 12.1. The Hall–Kier alpha value is -1.86. The van der Waals surface area contributed by atoms with Crippen LogP contribution >= 0.6 is 34.2 Å². The Balaban J connectivity index is 1.69. The molecule has 4 bridgehead atoms. The van der Waals surface area contributed by atoms with Gasteiger partial charge in [0.25, 0.3) is 0 Å². The van der Waals surface area contributed by atoms with E-state index in [1.807, 2.05) is 26.0 Å². The van der Waals surface area contributed by atoms with Gasteiger partial charge in [0.15, 0.2) is 5.72 Å². The number of carbonyl (C=O) groups is 2. The summed E-state index contributed by atoms with van der Waals surface area (Å²) >= 11 is 8.79. The monoisotopic (exact) mass is 646 g/mol. The minimum absolute atomic E-state index is 0.0155. The van der Waals surface area contributed by atoms with Gasteiger partial charge in [0.1, 0.15) is 23.0 Å². The second-order valence-electron chi connectivity index (χ2n) is 9.95. The van der Waals surface area contributed by atoms with Crippen molar-refractivity contribution in [3.63, 3.8) is 0 Å². The molecule has 37 heavy (non-hydrogen) atoms. The summed E-state index contributed by atoms with van der Waals surface area (Å²) in [5.74, 6) is 0.0823. The van der Waals surface area contributed by atoms with Crippen molar-refractivity contribution in [3.8, 4) is 5.75 Å². The SMILES string of the molecule is COc1cc2cc(c1Cl)N(C)C(=O)CC(I)[C@@H]1O[C@H]1[C@H](C)[C@@H]1C[C@@](O)(NC(=O)O1)[C@H](O)/C=C/C=C(\C)C2. The van der Waals surface area contributed by atoms with E-state index in [0.717, 1.165) is 11.1 Å². The third-order valence-corrected chi connectivity index (χ3v) is 8.69. The number of epoxide rings is 1. The van der Waals surface area contributed by atoms with Crippen molar-refractivity contribution < 1.29 is 34.0 Å². The lowest BCUT2D eigenvalue weighted by Crippen LogP contribution is -2.63. The predicted octanol–water partition coefficient (Wildman–Crippen LogP) is 3.52. The number of aliphatic hydroxyl groups excluding tert-OH is 1. The van der Waals surface area contributed by atoms with Crippen LogP contribution in [0.25, 0.3) is 0 Å². The van der Waals surface area contributed by atoms with Gasteiger partial charge in [-0.1, -0.05) is 64.9 Å². The first-order chi connectivity index (χ1) is 17.4. The van der Waals surface area contributed by atoms with Crippen LogP contribution in [0.3, 0.4) is 0 Å². The maximum atomic E-state index is 13.2. The molecule has 0 radical (unpaired) electrons. The highest BCUT2D eigenvalue weighted by atomic mass is 127. The first kappa shape index (κ1) is 28.2. The molecule has 0 aromatic heterocycles. The highest BCUT2D eigenvalue weighted by Crippen LogP contribution is 2.42. The second-order valence-corrected chi connectivity index (χ2v) is 11.9. The zero-order chi connectivity index (χ0) is 27.1. The molecule has 3 heterocycles. The molecule has 202 valence electrons. The largest absolute Gasteiger partial charge is 0.495 e. The van der Waals surface area contributed by atoms with Gasteiger partial charge in [-0.3, -0.25) is 10.1 Å². The quantitative estimate of drug-likeness (QED) is 0.243. The van der Waals surface area contributed by atoms with Crippen LogP contribution in [0.4, 0.5) is 10.5 Å². The summed E-state index contributed by atoms with van der Waals surface area (Å²) < 4.78 is 16.7. The third kappa shape index (κ3) is 6.08. The maximum Gasteiger partial charge on any atom is 0.409 e. The van der Waals surface area contributed by atoms with Crippen molar-refractivity contribution in [1.29, 1.82) is 0 Å². The van der Waals surface area contributed by atoms with Crippen molar-refractivity contribution in [2.45, 2.75) is 67.2 Å². The van der Waals surface area contributed by atoms with Crippen molar-refractivity contribution in [1.82, 2.24) is 5.32 Å². The number of nitrogens with one attached hydrogen (secondary N) is 1. The zero-order valence-electron chi connectivity index (χ0n) is 21.1. The molecule has 0 aliphatic carbocycles. The van der Waals surface area contributed by atoms with Crippen LogP contribution in [-0.2, 0) is 20.7 Å². The van der Waals surface area contributed by atoms with Crippen LogP contribution in [-0.4, -0.2) is 70.4 Å². The molecule has 11 heteroatoms. The van der Waals surface area contributed by atoms with E-state index in [9.17, 15) is 19.8 Å². The number of ether oxygens (including phenoxy) is 3. The molecule has 1 unspecified atom stereocenters. The molecule has 2 fully saturated rings. The molecule has 3 aliphatic heterocycles. The molecule has 4 rings (SSSR count). The van der Waals surface area contributed by atoms with E-state index in [4.69, 9.17) is 25.8 Å². The van der Waals surface area contributed by atoms with Gasteiger partial charge in [-0.05, 0) is 31.0 Å². The van der Waals surface area contributed by atoms with Crippen LogP contribution in [0.1, 0.15) is 32.3 Å².